The van der Waals surface area contributed by atoms with Gasteiger partial charge in [-0.2, -0.15) is 0 Å². The number of ether oxygens (including phenoxy) is 3. The van der Waals surface area contributed by atoms with Gasteiger partial charge < -0.3 is 14.2 Å². The molecular formula is C33H43N3O6Si. The van der Waals surface area contributed by atoms with Crippen molar-refractivity contribution in [2.24, 2.45) is 23.7 Å². The lowest BCUT2D eigenvalue weighted by atomic mass is 9.84. The van der Waals surface area contributed by atoms with E-state index >= 15 is 0 Å². The van der Waals surface area contributed by atoms with Gasteiger partial charge in [0.2, 0.25) is 0 Å². The standard InChI is InChI=1S/C33H43N3O6Si/c1-43(2,3)21-20-42-33(39)30-25(22-36-32(38)27-6-4-5-7-29(27)34-35-36)10-13-28(30)31(37)24-8-11-26(12-9-24)41-19-16-23-14-17-40-18-15-23/h4-9,11-12,23,25,28,30H,10,13-22H2,1-3H3/t25-,28-,30-/m0/s1. The Kier molecular flexibility index (Phi) is 10.1. The van der Waals surface area contributed by atoms with E-state index in [4.69, 9.17) is 14.2 Å². The highest BCUT2D eigenvalue weighted by Gasteiger charge is 2.46. The molecule has 9 nitrogen and oxygen atoms in total. The number of rotatable bonds is 12. The third kappa shape index (κ3) is 7.97. The SMILES string of the molecule is C[Si](C)(C)CCOC(=O)[C@H]1[C@H](Cn2nnc3ccccc3c2=O)CC[C@@H]1C(=O)c1ccc(OCCC2CCOCC2)cc1. The van der Waals surface area contributed by atoms with E-state index in [2.05, 4.69) is 30.0 Å². The fourth-order valence-corrected chi connectivity index (χ4v) is 6.88. The van der Waals surface area contributed by atoms with Crippen LogP contribution in [0.1, 0.15) is 42.5 Å². The first-order valence-electron chi connectivity index (χ1n) is 15.5. The van der Waals surface area contributed by atoms with E-state index in [0.717, 1.165) is 44.3 Å². The van der Waals surface area contributed by atoms with Crippen molar-refractivity contribution in [3.8, 4) is 5.75 Å². The minimum Gasteiger partial charge on any atom is -0.494 e. The molecule has 3 atom stereocenters. The summed E-state index contributed by atoms with van der Waals surface area (Å²) in [5.41, 5.74) is 0.824. The van der Waals surface area contributed by atoms with Crippen LogP contribution < -0.4 is 10.3 Å². The van der Waals surface area contributed by atoms with Gasteiger partial charge in [-0.05, 0) is 86.4 Å². The maximum absolute atomic E-state index is 13.8. The topological polar surface area (TPSA) is 110 Å². The number of ketones is 1. The summed E-state index contributed by atoms with van der Waals surface area (Å²) in [7, 11) is -1.42. The Balaban J connectivity index is 1.29. The Morgan fingerprint density at radius 1 is 0.977 bits per heavy atom. The zero-order valence-corrected chi connectivity index (χ0v) is 26.5. The molecule has 10 heteroatoms. The van der Waals surface area contributed by atoms with Gasteiger partial charge in [0.25, 0.3) is 5.56 Å². The minimum atomic E-state index is -1.42. The molecular weight excluding hydrogens is 562 g/mol. The molecule has 230 valence electrons. The number of carbonyl (C=O) groups is 2. The zero-order chi connectivity index (χ0) is 30.4. The van der Waals surface area contributed by atoms with Crippen LogP contribution in [0.2, 0.25) is 25.7 Å². The van der Waals surface area contributed by atoms with E-state index in [1.54, 1.807) is 30.3 Å². The third-order valence-electron chi connectivity index (χ3n) is 8.81. The van der Waals surface area contributed by atoms with Gasteiger partial charge in [-0.25, -0.2) is 4.68 Å². The van der Waals surface area contributed by atoms with Gasteiger partial charge in [-0.15, -0.1) is 5.10 Å². The summed E-state index contributed by atoms with van der Waals surface area (Å²) in [6.45, 7) is 9.51. The lowest BCUT2D eigenvalue weighted by molar-refractivity contribution is -0.150. The number of benzene rings is 2. The number of hydrogen-bond acceptors (Lipinski definition) is 8. The van der Waals surface area contributed by atoms with E-state index < -0.39 is 19.9 Å². The molecule has 2 aromatic carbocycles. The maximum Gasteiger partial charge on any atom is 0.310 e. The molecule has 2 fully saturated rings. The van der Waals surface area contributed by atoms with Crippen LogP contribution in [0.25, 0.3) is 10.9 Å². The number of fused-ring (bicyclic) bond motifs is 1. The second-order valence-electron chi connectivity index (χ2n) is 13.1. The molecule has 2 heterocycles. The fraction of sp³-hybridized carbons (Fsp3) is 0.545. The van der Waals surface area contributed by atoms with Crippen LogP contribution in [0.5, 0.6) is 5.75 Å². The lowest BCUT2D eigenvalue weighted by Crippen LogP contribution is -2.36. The van der Waals surface area contributed by atoms with Gasteiger partial charge in [0, 0.05) is 32.8 Å². The average Bonchev–Trinajstić information content (AvgIpc) is 3.42. The highest BCUT2D eigenvalue weighted by molar-refractivity contribution is 6.76. The predicted molar refractivity (Wildman–Crippen MR) is 167 cm³/mol. The Hall–Kier alpha value is -3.37. The molecule has 0 amide bonds. The van der Waals surface area contributed by atoms with E-state index in [-0.39, 0.29) is 29.8 Å². The molecule has 1 aromatic heterocycles. The van der Waals surface area contributed by atoms with Crippen LogP contribution in [0.3, 0.4) is 0 Å². The smallest absolute Gasteiger partial charge is 0.310 e. The second-order valence-corrected chi connectivity index (χ2v) is 18.7. The molecule has 1 saturated carbocycles. The summed E-state index contributed by atoms with van der Waals surface area (Å²) >= 11 is 0. The molecule has 1 saturated heterocycles. The average molecular weight is 606 g/mol. The number of carbonyl (C=O) groups excluding carboxylic acids is 2. The molecule has 0 radical (unpaired) electrons. The molecule has 1 aliphatic carbocycles. The quantitative estimate of drug-likeness (QED) is 0.154. The predicted octanol–water partition coefficient (Wildman–Crippen LogP) is 5.39. The van der Waals surface area contributed by atoms with Crippen LogP contribution in [0.15, 0.2) is 53.3 Å². The molecule has 0 spiro atoms. The molecule has 5 rings (SSSR count). The number of hydrogen-bond donors (Lipinski definition) is 0. The Morgan fingerprint density at radius 3 is 2.47 bits per heavy atom. The summed E-state index contributed by atoms with van der Waals surface area (Å²) in [5, 5.41) is 8.84. The largest absolute Gasteiger partial charge is 0.494 e. The highest BCUT2D eigenvalue weighted by Crippen LogP contribution is 2.41. The van der Waals surface area contributed by atoms with Gasteiger partial charge in [-0.1, -0.05) is 37.0 Å². The fourth-order valence-electron chi connectivity index (χ4n) is 6.16. The van der Waals surface area contributed by atoms with Crippen molar-refractivity contribution >= 4 is 30.7 Å². The molecule has 43 heavy (non-hydrogen) atoms. The normalized spacial score (nSPS) is 21.1. The van der Waals surface area contributed by atoms with Crippen molar-refractivity contribution < 1.29 is 23.8 Å². The minimum absolute atomic E-state index is 0.0830. The van der Waals surface area contributed by atoms with Crippen molar-refractivity contribution in [2.75, 3.05) is 26.4 Å². The third-order valence-corrected chi connectivity index (χ3v) is 10.5. The van der Waals surface area contributed by atoms with Crippen molar-refractivity contribution in [3.63, 3.8) is 0 Å². The van der Waals surface area contributed by atoms with Crippen molar-refractivity contribution in [1.29, 1.82) is 0 Å². The Morgan fingerprint density at radius 2 is 1.72 bits per heavy atom. The van der Waals surface area contributed by atoms with Crippen molar-refractivity contribution in [1.82, 2.24) is 15.0 Å². The van der Waals surface area contributed by atoms with Gasteiger partial charge in [0.05, 0.1) is 31.1 Å². The maximum atomic E-state index is 13.8. The van der Waals surface area contributed by atoms with Crippen LogP contribution in [-0.2, 0) is 20.8 Å². The monoisotopic (exact) mass is 605 g/mol. The van der Waals surface area contributed by atoms with Gasteiger partial charge >= 0.3 is 5.97 Å². The summed E-state index contributed by atoms with van der Waals surface area (Å²) in [4.78, 5) is 40.6. The van der Waals surface area contributed by atoms with Gasteiger partial charge in [-0.3, -0.25) is 14.4 Å². The number of nitrogens with zero attached hydrogens (tertiary/aromatic N) is 3. The summed E-state index contributed by atoms with van der Waals surface area (Å²) in [6.07, 6.45) is 4.28. The summed E-state index contributed by atoms with van der Waals surface area (Å²) in [5.74, 6) is -0.560. The lowest BCUT2D eigenvalue weighted by Gasteiger charge is -2.24. The van der Waals surface area contributed by atoms with Gasteiger partial charge in [0.1, 0.15) is 11.3 Å². The number of esters is 1. The van der Waals surface area contributed by atoms with Crippen LogP contribution in [0, 0.1) is 23.7 Å². The first-order chi connectivity index (χ1) is 20.7. The zero-order valence-electron chi connectivity index (χ0n) is 25.5. The molecule has 0 bridgehead atoms. The molecule has 2 aliphatic rings. The first-order valence-corrected chi connectivity index (χ1v) is 19.2. The van der Waals surface area contributed by atoms with E-state index in [1.807, 2.05) is 18.2 Å². The second kappa shape index (κ2) is 13.9. The van der Waals surface area contributed by atoms with E-state index in [9.17, 15) is 14.4 Å². The van der Waals surface area contributed by atoms with E-state index in [1.165, 1.54) is 4.68 Å². The molecule has 1 aliphatic heterocycles. The van der Waals surface area contributed by atoms with Crippen LogP contribution in [0.4, 0.5) is 0 Å². The molecule has 3 aromatic rings. The van der Waals surface area contributed by atoms with Crippen molar-refractivity contribution in [2.45, 2.75) is 64.3 Å². The van der Waals surface area contributed by atoms with Crippen LogP contribution in [-0.4, -0.2) is 61.2 Å². The van der Waals surface area contributed by atoms with E-state index in [0.29, 0.717) is 48.4 Å². The van der Waals surface area contributed by atoms with Gasteiger partial charge in [0.15, 0.2) is 5.78 Å². The van der Waals surface area contributed by atoms with Crippen LogP contribution >= 0.6 is 0 Å². The highest BCUT2D eigenvalue weighted by atomic mass is 28.3. The molecule has 0 unspecified atom stereocenters. The Labute approximate surface area is 253 Å². The molecule has 0 N–H and O–H groups in total. The van der Waals surface area contributed by atoms with Crippen molar-refractivity contribution in [3.05, 3.63) is 64.4 Å². The first kappa shape index (κ1) is 31.1. The number of aromatic nitrogens is 3. The Bertz CT molecular complexity index is 1460. The summed E-state index contributed by atoms with van der Waals surface area (Å²) < 4.78 is 18.5. The number of Topliss-reactive ketones (excluding diaryl/α,β-unsaturated/α-hetero) is 1. The summed E-state index contributed by atoms with van der Waals surface area (Å²) in [6, 6.07) is 15.2.